The number of hydrogen-bond donors (Lipinski definition) is 1. The number of rotatable bonds is 4. The minimum atomic E-state index is 0.407. The smallest absolute Gasteiger partial charge is 0.0101 e. The van der Waals surface area contributed by atoms with Gasteiger partial charge in [-0.05, 0) is 56.0 Å². The van der Waals surface area contributed by atoms with Crippen molar-refractivity contribution in [2.45, 2.75) is 33.1 Å². The van der Waals surface area contributed by atoms with E-state index >= 15 is 0 Å². The Morgan fingerprint density at radius 3 is 2.05 bits per heavy atom. The Bertz CT molecular complexity index is 540. The van der Waals surface area contributed by atoms with Crippen LogP contribution in [-0.4, -0.2) is 6.54 Å². The van der Waals surface area contributed by atoms with Gasteiger partial charge in [0.25, 0.3) is 0 Å². The van der Waals surface area contributed by atoms with Gasteiger partial charge in [-0.1, -0.05) is 48.0 Å². The van der Waals surface area contributed by atoms with Crippen LogP contribution in [0.5, 0.6) is 0 Å². The van der Waals surface area contributed by atoms with Crippen LogP contribution >= 0.6 is 0 Å². The molecule has 1 unspecified atom stereocenters. The molecule has 2 aromatic carbocycles. The van der Waals surface area contributed by atoms with Crippen LogP contribution in [0.4, 0.5) is 0 Å². The Morgan fingerprint density at radius 1 is 0.842 bits per heavy atom. The van der Waals surface area contributed by atoms with Gasteiger partial charge in [0.15, 0.2) is 0 Å². The molecular weight excluding hydrogens is 230 g/mol. The first kappa shape index (κ1) is 13.8. The van der Waals surface area contributed by atoms with Crippen molar-refractivity contribution in [2.24, 2.45) is 5.73 Å². The third-order valence-corrected chi connectivity index (χ3v) is 3.87. The van der Waals surface area contributed by atoms with Gasteiger partial charge in [0, 0.05) is 5.92 Å². The van der Waals surface area contributed by atoms with E-state index in [1.807, 2.05) is 0 Å². The van der Waals surface area contributed by atoms with Gasteiger partial charge in [0.05, 0.1) is 0 Å². The molecule has 0 aromatic heterocycles. The first-order valence-electron chi connectivity index (χ1n) is 6.95. The standard InChI is InChI=1S/C18H23N/c1-13-4-7-16(8-5-13)18(10-11-19)17-9-6-14(2)15(3)12-17/h4-9,12,18H,10-11,19H2,1-3H3. The van der Waals surface area contributed by atoms with E-state index in [0.717, 1.165) is 6.42 Å². The Labute approximate surface area is 116 Å². The van der Waals surface area contributed by atoms with Crippen LogP contribution in [0.25, 0.3) is 0 Å². The Morgan fingerprint density at radius 2 is 1.47 bits per heavy atom. The SMILES string of the molecule is Cc1ccc(C(CCN)c2ccc(C)c(C)c2)cc1. The molecule has 0 aliphatic carbocycles. The summed E-state index contributed by atoms with van der Waals surface area (Å²) < 4.78 is 0. The lowest BCUT2D eigenvalue weighted by Gasteiger charge is -2.18. The molecule has 0 fully saturated rings. The van der Waals surface area contributed by atoms with E-state index in [2.05, 4.69) is 63.2 Å². The molecule has 0 bridgehead atoms. The minimum absolute atomic E-state index is 0.407. The molecule has 2 aromatic rings. The van der Waals surface area contributed by atoms with E-state index in [-0.39, 0.29) is 0 Å². The molecule has 0 saturated carbocycles. The molecule has 0 saturated heterocycles. The van der Waals surface area contributed by atoms with Crippen molar-refractivity contribution in [1.29, 1.82) is 0 Å². The van der Waals surface area contributed by atoms with Crippen molar-refractivity contribution in [1.82, 2.24) is 0 Å². The van der Waals surface area contributed by atoms with Gasteiger partial charge in [-0.15, -0.1) is 0 Å². The fraction of sp³-hybridized carbons (Fsp3) is 0.333. The van der Waals surface area contributed by atoms with Crippen molar-refractivity contribution < 1.29 is 0 Å². The minimum Gasteiger partial charge on any atom is -0.330 e. The maximum atomic E-state index is 5.80. The monoisotopic (exact) mass is 253 g/mol. The number of aryl methyl sites for hydroxylation is 3. The highest BCUT2D eigenvalue weighted by molar-refractivity contribution is 5.38. The van der Waals surface area contributed by atoms with E-state index in [0.29, 0.717) is 12.5 Å². The van der Waals surface area contributed by atoms with Crippen molar-refractivity contribution in [3.05, 3.63) is 70.3 Å². The van der Waals surface area contributed by atoms with Crippen molar-refractivity contribution in [3.63, 3.8) is 0 Å². The summed E-state index contributed by atoms with van der Waals surface area (Å²) in [6.07, 6.45) is 0.992. The van der Waals surface area contributed by atoms with Gasteiger partial charge in [-0.3, -0.25) is 0 Å². The molecule has 2 N–H and O–H groups in total. The third-order valence-electron chi connectivity index (χ3n) is 3.87. The van der Waals surface area contributed by atoms with Gasteiger partial charge < -0.3 is 5.73 Å². The summed E-state index contributed by atoms with van der Waals surface area (Å²) in [5.74, 6) is 0.407. The molecule has 0 aliphatic rings. The van der Waals surface area contributed by atoms with Gasteiger partial charge >= 0.3 is 0 Å². The highest BCUT2D eigenvalue weighted by Gasteiger charge is 2.13. The number of benzene rings is 2. The van der Waals surface area contributed by atoms with Crippen LogP contribution in [0.3, 0.4) is 0 Å². The Balaban J connectivity index is 2.38. The first-order chi connectivity index (χ1) is 9.11. The van der Waals surface area contributed by atoms with Crippen LogP contribution in [-0.2, 0) is 0 Å². The first-order valence-corrected chi connectivity index (χ1v) is 6.95. The van der Waals surface area contributed by atoms with Crippen LogP contribution in [0, 0.1) is 20.8 Å². The number of nitrogens with two attached hydrogens (primary N) is 1. The third kappa shape index (κ3) is 3.24. The van der Waals surface area contributed by atoms with Gasteiger partial charge in [-0.25, -0.2) is 0 Å². The average molecular weight is 253 g/mol. The van der Waals surface area contributed by atoms with Crippen molar-refractivity contribution >= 4 is 0 Å². The molecule has 0 spiro atoms. The molecule has 0 aliphatic heterocycles. The lowest BCUT2D eigenvalue weighted by Crippen LogP contribution is -2.09. The van der Waals surface area contributed by atoms with E-state index in [9.17, 15) is 0 Å². The Kier molecular flexibility index (Phi) is 4.39. The van der Waals surface area contributed by atoms with Gasteiger partial charge in [0.2, 0.25) is 0 Å². The maximum Gasteiger partial charge on any atom is 0.0101 e. The normalized spacial score (nSPS) is 12.4. The zero-order valence-corrected chi connectivity index (χ0v) is 12.1. The summed E-state index contributed by atoms with van der Waals surface area (Å²) in [6, 6.07) is 15.6. The highest BCUT2D eigenvalue weighted by atomic mass is 14.5. The fourth-order valence-corrected chi connectivity index (χ4v) is 2.47. The predicted octanol–water partition coefficient (Wildman–Crippen LogP) is 4.09. The predicted molar refractivity (Wildman–Crippen MR) is 82.6 cm³/mol. The summed E-state index contributed by atoms with van der Waals surface area (Å²) >= 11 is 0. The van der Waals surface area contributed by atoms with Crippen molar-refractivity contribution in [3.8, 4) is 0 Å². The molecule has 0 amide bonds. The second-order valence-electron chi connectivity index (χ2n) is 5.38. The molecule has 1 heteroatoms. The topological polar surface area (TPSA) is 26.0 Å². The molecule has 0 heterocycles. The van der Waals surface area contributed by atoms with Crippen LogP contribution in [0.1, 0.15) is 40.2 Å². The summed E-state index contributed by atoms with van der Waals surface area (Å²) in [6.45, 7) is 7.17. The Hall–Kier alpha value is -1.60. The molecule has 100 valence electrons. The number of hydrogen-bond acceptors (Lipinski definition) is 1. The summed E-state index contributed by atoms with van der Waals surface area (Å²) in [5, 5.41) is 0. The van der Waals surface area contributed by atoms with Gasteiger partial charge in [0.1, 0.15) is 0 Å². The van der Waals surface area contributed by atoms with Crippen molar-refractivity contribution in [2.75, 3.05) is 6.54 Å². The van der Waals surface area contributed by atoms with E-state index in [4.69, 9.17) is 5.73 Å². The van der Waals surface area contributed by atoms with Crippen LogP contribution < -0.4 is 5.73 Å². The lowest BCUT2D eigenvalue weighted by molar-refractivity contribution is 0.725. The molecule has 2 rings (SSSR count). The summed E-state index contributed by atoms with van der Waals surface area (Å²) in [7, 11) is 0. The second kappa shape index (κ2) is 6.03. The molecule has 19 heavy (non-hydrogen) atoms. The van der Waals surface area contributed by atoms with E-state index in [1.165, 1.54) is 27.8 Å². The zero-order valence-electron chi connectivity index (χ0n) is 12.1. The lowest BCUT2D eigenvalue weighted by atomic mass is 9.87. The second-order valence-corrected chi connectivity index (χ2v) is 5.38. The maximum absolute atomic E-state index is 5.80. The highest BCUT2D eigenvalue weighted by Crippen LogP contribution is 2.29. The van der Waals surface area contributed by atoms with Gasteiger partial charge in [-0.2, -0.15) is 0 Å². The van der Waals surface area contributed by atoms with E-state index < -0.39 is 0 Å². The average Bonchev–Trinajstić information content (AvgIpc) is 2.41. The largest absolute Gasteiger partial charge is 0.330 e. The molecule has 0 radical (unpaired) electrons. The molecular formula is C18H23N. The fourth-order valence-electron chi connectivity index (χ4n) is 2.47. The quantitative estimate of drug-likeness (QED) is 0.872. The van der Waals surface area contributed by atoms with E-state index in [1.54, 1.807) is 0 Å². The van der Waals surface area contributed by atoms with Crippen LogP contribution in [0.2, 0.25) is 0 Å². The summed E-state index contributed by atoms with van der Waals surface area (Å²) in [5.41, 5.74) is 12.5. The van der Waals surface area contributed by atoms with Crippen LogP contribution in [0.15, 0.2) is 42.5 Å². The summed E-state index contributed by atoms with van der Waals surface area (Å²) in [4.78, 5) is 0. The molecule has 1 atom stereocenters. The molecule has 1 nitrogen and oxygen atoms in total. The zero-order chi connectivity index (χ0) is 13.8.